The van der Waals surface area contributed by atoms with E-state index < -0.39 is 0 Å². The van der Waals surface area contributed by atoms with E-state index in [0.29, 0.717) is 54.9 Å². The molecule has 1 aromatic heterocycles. The average Bonchev–Trinajstić information content (AvgIpc) is 3.11. The first-order valence-electron chi connectivity index (χ1n) is 12.0. The molecule has 9 heteroatoms. The number of esters is 1. The normalized spacial score (nSPS) is 18.2. The Labute approximate surface area is 215 Å². The average molecular weight is 514 g/mol. The number of hydrogen-bond donors (Lipinski definition) is 0. The molecule has 0 N–H and O–H groups in total. The SMILES string of the molecule is CCOC(=O)C1CCN(c2nc3c(C)cccc3cc2/C=C2\SC(=S)N(CCCOC)C2=O)CC1. The summed E-state index contributed by atoms with van der Waals surface area (Å²) >= 11 is 6.82. The third kappa shape index (κ3) is 5.68. The van der Waals surface area contributed by atoms with Crippen molar-refractivity contribution in [1.82, 2.24) is 9.88 Å². The minimum atomic E-state index is -0.119. The van der Waals surface area contributed by atoms with Crippen LogP contribution in [-0.2, 0) is 19.1 Å². The number of fused-ring (bicyclic) bond motifs is 1. The molecule has 0 aliphatic carbocycles. The molecule has 0 radical (unpaired) electrons. The fraction of sp³-hybridized carbons (Fsp3) is 0.462. The van der Waals surface area contributed by atoms with Crippen molar-refractivity contribution >= 4 is 63.0 Å². The summed E-state index contributed by atoms with van der Waals surface area (Å²) in [7, 11) is 1.65. The molecular weight excluding hydrogens is 482 g/mol. The van der Waals surface area contributed by atoms with Crippen LogP contribution in [0.1, 0.15) is 37.3 Å². The van der Waals surface area contributed by atoms with Gasteiger partial charge in [0.2, 0.25) is 0 Å². The molecule has 35 heavy (non-hydrogen) atoms. The van der Waals surface area contributed by atoms with Gasteiger partial charge in [-0.05, 0) is 50.8 Å². The van der Waals surface area contributed by atoms with Crippen LogP contribution in [0, 0.1) is 12.8 Å². The van der Waals surface area contributed by atoms with Crippen molar-refractivity contribution in [3.05, 3.63) is 40.3 Å². The highest BCUT2D eigenvalue weighted by Crippen LogP contribution is 2.36. The summed E-state index contributed by atoms with van der Waals surface area (Å²) in [5.41, 5.74) is 2.93. The maximum absolute atomic E-state index is 13.1. The molecule has 0 saturated carbocycles. The molecule has 3 heterocycles. The Kier molecular flexibility index (Phi) is 8.41. The van der Waals surface area contributed by atoms with Gasteiger partial charge >= 0.3 is 5.97 Å². The van der Waals surface area contributed by atoms with Crippen molar-refractivity contribution in [1.29, 1.82) is 0 Å². The van der Waals surface area contributed by atoms with E-state index in [2.05, 4.69) is 24.0 Å². The van der Waals surface area contributed by atoms with Gasteiger partial charge in [0.25, 0.3) is 5.91 Å². The molecule has 1 aromatic carbocycles. The number of benzene rings is 1. The molecule has 0 spiro atoms. The van der Waals surface area contributed by atoms with Gasteiger partial charge in [-0.15, -0.1) is 0 Å². The second kappa shape index (κ2) is 11.5. The number of aryl methyl sites for hydroxylation is 1. The van der Waals surface area contributed by atoms with Gasteiger partial charge in [-0.25, -0.2) is 4.98 Å². The minimum Gasteiger partial charge on any atom is -0.466 e. The molecule has 2 fully saturated rings. The molecule has 2 saturated heterocycles. The van der Waals surface area contributed by atoms with E-state index in [-0.39, 0.29) is 17.8 Å². The zero-order valence-corrected chi connectivity index (χ0v) is 22.0. The van der Waals surface area contributed by atoms with Gasteiger partial charge < -0.3 is 14.4 Å². The molecule has 4 rings (SSSR count). The Morgan fingerprint density at radius 1 is 1.31 bits per heavy atom. The predicted octanol–water partition coefficient (Wildman–Crippen LogP) is 4.56. The molecular formula is C26H31N3O4S2. The molecule has 0 bridgehead atoms. The van der Waals surface area contributed by atoms with Crippen LogP contribution in [0.2, 0.25) is 0 Å². The van der Waals surface area contributed by atoms with Crippen molar-refractivity contribution in [2.24, 2.45) is 5.92 Å². The standard InChI is InChI=1S/C26H31N3O4S2/c1-4-33-25(31)18-9-12-28(13-10-18)23-20(15-19-8-5-7-17(2)22(19)27-23)16-21-24(30)29(26(34)35-21)11-6-14-32-3/h5,7-8,15-16,18H,4,6,9-14H2,1-3H3/b21-16-. The van der Waals surface area contributed by atoms with E-state index >= 15 is 0 Å². The Balaban J connectivity index is 1.65. The van der Waals surface area contributed by atoms with Crippen LogP contribution in [0.15, 0.2) is 29.2 Å². The molecule has 7 nitrogen and oxygen atoms in total. The van der Waals surface area contributed by atoms with Crippen molar-refractivity contribution in [3.63, 3.8) is 0 Å². The van der Waals surface area contributed by atoms with Gasteiger partial charge in [0.15, 0.2) is 0 Å². The van der Waals surface area contributed by atoms with E-state index in [4.69, 9.17) is 26.7 Å². The van der Waals surface area contributed by atoms with Gasteiger partial charge in [0.05, 0.1) is 22.9 Å². The highest BCUT2D eigenvalue weighted by Gasteiger charge is 2.33. The monoisotopic (exact) mass is 513 g/mol. The van der Waals surface area contributed by atoms with Crippen LogP contribution in [0.4, 0.5) is 5.82 Å². The van der Waals surface area contributed by atoms with Gasteiger partial charge in [-0.1, -0.05) is 42.2 Å². The van der Waals surface area contributed by atoms with Gasteiger partial charge in [0.1, 0.15) is 10.1 Å². The molecule has 2 aromatic rings. The quantitative estimate of drug-likeness (QED) is 0.220. The third-order valence-electron chi connectivity index (χ3n) is 6.36. The number of pyridine rings is 1. The van der Waals surface area contributed by atoms with Gasteiger partial charge in [-0.2, -0.15) is 0 Å². The molecule has 186 valence electrons. The highest BCUT2D eigenvalue weighted by molar-refractivity contribution is 8.26. The summed E-state index contributed by atoms with van der Waals surface area (Å²) in [5, 5.41) is 1.02. The number of piperidine rings is 1. The van der Waals surface area contributed by atoms with Gasteiger partial charge in [0, 0.05) is 44.3 Å². The number of rotatable bonds is 8. The van der Waals surface area contributed by atoms with Crippen LogP contribution in [0.5, 0.6) is 0 Å². The second-order valence-electron chi connectivity index (χ2n) is 8.74. The summed E-state index contributed by atoms with van der Waals surface area (Å²) in [5.74, 6) is 0.554. The summed E-state index contributed by atoms with van der Waals surface area (Å²) in [6.07, 6.45) is 4.08. The minimum absolute atomic E-state index is 0.0765. The number of carbonyl (C=O) groups excluding carboxylic acids is 2. The fourth-order valence-electron chi connectivity index (χ4n) is 4.50. The number of amides is 1. The molecule has 2 aliphatic rings. The van der Waals surface area contributed by atoms with E-state index in [1.165, 1.54) is 11.8 Å². The lowest BCUT2D eigenvalue weighted by atomic mass is 9.96. The summed E-state index contributed by atoms with van der Waals surface area (Å²) in [6.45, 7) is 6.81. The number of ether oxygens (including phenoxy) is 2. The predicted molar refractivity (Wildman–Crippen MR) is 144 cm³/mol. The number of hydrogen-bond acceptors (Lipinski definition) is 8. The first-order valence-corrected chi connectivity index (χ1v) is 13.2. The Bertz CT molecular complexity index is 1160. The van der Waals surface area contributed by atoms with E-state index in [9.17, 15) is 9.59 Å². The van der Waals surface area contributed by atoms with E-state index in [1.807, 2.05) is 25.1 Å². The first-order chi connectivity index (χ1) is 16.9. The molecule has 1 amide bonds. The lowest BCUT2D eigenvalue weighted by molar-refractivity contribution is -0.148. The number of anilines is 1. The summed E-state index contributed by atoms with van der Waals surface area (Å²) < 4.78 is 10.9. The molecule has 0 atom stereocenters. The van der Waals surface area contributed by atoms with Crippen LogP contribution in [-0.4, -0.2) is 66.0 Å². The number of aromatic nitrogens is 1. The molecule has 0 unspecified atom stereocenters. The number of para-hydroxylation sites is 1. The topological polar surface area (TPSA) is 72.0 Å². The maximum atomic E-state index is 13.1. The summed E-state index contributed by atoms with van der Waals surface area (Å²) in [4.78, 5) is 34.9. The second-order valence-corrected chi connectivity index (χ2v) is 10.4. The zero-order valence-electron chi connectivity index (χ0n) is 20.4. The lowest BCUT2D eigenvalue weighted by Crippen LogP contribution is -2.37. The number of methoxy groups -OCH3 is 1. The molecule has 2 aliphatic heterocycles. The Morgan fingerprint density at radius 2 is 2.09 bits per heavy atom. The van der Waals surface area contributed by atoms with Crippen molar-refractivity contribution in [3.8, 4) is 0 Å². The van der Waals surface area contributed by atoms with Crippen molar-refractivity contribution in [2.45, 2.75) is 33.1 Å². The number of carbonyl (C=O) groups is 2. The van der Waals surface area contributed by atoms with Crippen LogP contribution >= 0.6 is 24.0 Å². The van der Waals surface area contributed by atoms with Crippen LogP contribution < -0.4 is 4.90 Å². The van der Waals surface area contributed by atoms with E-state index in [0.717, 1.165) is 34.3 Å². The third-order valence-corrected chi connectivity index (χ3v) is 7.74. The lowest BCUT2D eigenvalue weighted by Gasteiger charge is -2.33. The Morgan fingerprint density at radius 3 is 2.80 bits per heavy atom. The first kappa shape index (κ1) is 25.6. The van der Waals surface area contributed by atoms with Crippen LogP contribution in [0.25, 0.3) is 17.0 Å². The Hall–Kier alpha value is -2.49. The largest absolute Gasteiger partial charge is 0.466 e. The highest BCUT2D eigenvalue weighted by atomic mass is 32.2. The van der Waals surface area contributed by atoms with Crippen molar-refractivity contribution in [2.75, 3.05) is 44.9 Å². The number of thioether (sulfide) groups is 1. The van der Waals surface area contributed by atoms with Gasteiger partial charge in [-0.3, -0.25) is 14.5 Å². The fourth-order valence-corrected chi connectivity index (χ4v) is 5.80. The smallest absolute Gasteiger partial charge is 0.309 e. The van der Waals surface area contributed by atoms with E-state index in [1.54, 1.807) is 12.0 Å². The van der Waals surface area contributed by atoms with Crippen molar-refractivity contribution < 1.29 is 19.1 Å². The maximum Gasteiger partial charge on any atom is 0.309 e. The zero-order chi connectivity index (χ0) is 24.9. The van der Waals surface area contributed by atoms with Crippen LogP contribution in [0.3, 0.4) is 0 Å². The number of nitrogens with zero attached hydrogens (tertiary/aromatic N) is 3. The summed E-state index contributed by atoms with van der Waals surface area (Å²) in [6, 6.07) is 8.21. The number of thiocarbonyl (C=S) groups is 1.